The first-order valence-corrected chi connectivity index (χ1v) is 5.85. The number of rotatable bonds is 4. The molecule has 0 saturated carbocycles. The summed E-state index contributed by atoms with van der Waals surface area (Å²) in [5.74, 6) is 5.11. The lowest BCUT2D eigenvalue weighted by Crippen LogP contribution is -2.28. The predicted molar refractivity (Wildman–Crippen MR) is 72.2 cm³/mol. The van der Waals surface area contributed by atoms with Gasteiger partial charge in [0.15, 0.2) is 0 Å². The number of amides is 1. The molecule has 2 heterocycles. The predicted octanol–water partition coefficient (Wildman–Crippen LogP) is 1.25. The molecule has 6 heteroatoms. The summed E-state index contributed by atoms with van der Waals surface area (Å²) in [4.78, 5) is 20.3. The summed E-state index contributed by atoms with van der Waals surface area (Å²) in [5.41, 5.74) is 4.19. The number of aromatic nitrogens is 2. The van der Waals surface area contributed by atoms with E-state index in [9.17, 15) is 4.79 Å². The second-order valence-electron chi connectivity index (χ2n) is 4.02. The first-order valence-electron chi connectivity index (χ1n) is 5.85. The summed E-state index contributed by atoms with van der Waals surface area (Å²) in [6.07, 6.45) is 4.72. The molecule has 0 radical (unpaired) electrons. The molecule has 2 aromatic heterocycles. The lowest BCUT2D eigenvalue weighted by molar-refractivity contribution is 0.0939. The van der Waals surface area contributed by atoms with Gasteiger partial charge < -0.3 is 10.7 Å². The van der Waals surface area contributed by atoms with Crippen molar-refractivity contribution in [2.75, 3.05) is 5.43 Å². The van der Waals surface area contributed by atoms with Gasteiger partial charge in [0.1, 0.15) is 0 Å². The molecule has 19 heavy (non-hydrogen) atoms. The lowest BCUT2D eigenvalue weighted by Gasteiger charge is -2.14. The molecule has 4 N–H and O–H groups in total. The van der Waals surface area contributed by atoms with Crippen LogP contribution in [0.3, 0.4) is 0 Å². The van der Waals surface area contributed by atoms with Crippen LogP contribution in [0.4, 0.5) is 5.69 Å². The molecular weight excluding hydrogens is 242 g/mol. The number of nitrogens with zero attached hydrogens (tertiary/aromatic N) is 2. The van der Waals surface area contributed by atoms with Gasteiger partial charge in [0, 0.05) is 18.6 Å². The molecule has 0 aliphatic carbocycles. The van der Waals surface area contributed by atoms with E-state index in [1.807, 2.05) is 25.1 Å². The van der Waals surface area contributed by atoms with Crippen LogP contribution in [0, 0.1) is 0 Å². The number of carbonyl (C=O) groups excluding carboxylic acids is 1. The number of nitrogen functional groups attached to an aromatic ring is 1. The molecule has 0 aliphatic heterocycles. The Morgan fingerprint density at radius 2 is 2.16 bits per heavy atom. The van der Waals surface area contributed by atoms with Crippen LogP contribution in [0.15, 0.2) is 42.9 Å². The molecule has 6 nitrogen and oxygen atoms in total. The average molecular weight is 257 g/mol. The molecular formula is C13H15N5O. The van der Waals surface area contributed by atoms with E-state index in [0.717, 1.165) is 5.69 Å². The van der Waals surface area contributed by atoms with E-state index >= 15 is 0 Å². The van der Waals surface area contributed by atoms with Gasteiger partial charge in [0.2, 0.25) is 0 Å². The van der Waals surface area contributed by atoms with Crippen LogP contribution < -0.4 is 16.6 Å². The highest BCUT2D eigenvalue weighted by Crippen LogP contribution is 2.14. The Morgan fingerprint density at radius 1 is 1.32 bits per heavy atom. The molecule has 2 rings (SSSR count). The van der Waals surface area contributed by atoms with Gasteiger partial charge in [0.25, 0.3) is 5.91 Å². The van der Waals surface area contributed by atoms with Crippen molar-refractivity contribution in [2.45, 2.75) is 13.0 Å². The number of hydrogen-bond donors (Lipinski definition) is 3. The maximum atomic E-state index is 12.1. The highest BCUT2D eigenvalue weighted by molar-refractivity contribution is 5.99. The normalized spacial score (nSPS) is 11.7. The van der Waals surface area contributed by atoms with Crippen LogP contribution in [0.1, 0.15) is 29.0 Å². The number of hydrazine groups is 1. The molecule has 1 amide bonds. The maximum absolute atomic E-state index is 12.1. The van der Waals surface area contributed by atoms with Crippen molar-refractivity contribution in [1.82, 2.24) is 15.3 Å². The average Bonchev–Trinajstić information content (AvgIpc) is 2.48. The quantitative estimate of drug-likeness (QED) is 0.566. The molecule has 1 unspecified atom stereocenters. The molecule has 0 spiro atoms. The fraction of sp³-hybridized carbons (Fsp3) is 0.154. The molecule has 0 saturated heterocycles. The van der Waals surface area contributed by atoms with Crippen molar-refractivity contribution in [2.24, 2.45) is 5.84 Å². The molecule has 2 aromatic rings. The van der Waals surface area contributed by atoms with Gasteiger partial charge in [-0.1, -0.05) is 6.07 Å². The van der Waals surface area contributed by atoms with E-state index in [1.54, 1.807) is 18.5 Å². The first kappa shape index (κ1) is 13.0. The van der Waals surface area contributed by atoms with Crippen LogP contribution in [0.2, 0.25) is 0 Å². The second kappa shape index (κ2) is 5.92. The summed E-state index contributed by atoms with van der Waals surface area (Å²) in [5, 5.41) is 2.85. The Balaban J connectivity index is 2.13. The van der Waals surface area contributed by atoms with Gasteiger partial charge in [-0.2, -0.15) is 0 Å². The summed E-state index contributed by atoms with van der Waals surface area (Å²) in [6.45, 7) is 1.87. The van der Waals surface area contributed by atoms with Gasteiger partial charge in [0.05, 0.1) is 23.0 Å². The maximum Gasteiger partial charge on any atom is 0.255 e. The van der Waals surface area contributed by atoms with Crippen LogP contribution in [0.5, 0.6) is 0 Å². The molecule has 0 bridgehead atoms. The van der Waals surface area contributed by atoms with E-state index in [2.05, 4.69) is 20.7 Å². The van der Waals surface area contributed by atoms with Gasteiger partial charge in [-0.25, -0.2) is 0 Å². The van der Waals surface area contributed by atoms with Crippen molar-refractivity contribution in [3.8, 4) is 0 Å². The van der Waals surface area contributed by atoms with Crippen LogP contribution in [-0.2, 0) is 0 Å². The highest BCUT2D eigenvalue weighted by Gasteiger charge is 2.15. The van der Waals surface area contributed by atoms with Crippen molar-refractivity contribution in [3.63, 3.8) is 0 Å². The van der Waals surface area contributed by atoms with E-state index < -0.39 is 0 Å². The Kier molecular flexibility index (Phi) is 4.04. The second-order valence-corrected chi connectivity index (χ2v) is 4.02. The zero-order valence-corrected chi connectivity index (χ0v) is 10.5. The monoisotopic (exact) mass is 257 g/mol. The SMILES string of the molecule is CC(NC(=O)c1cnccc1NN)c1ccccn1. The van der Waals surface area contributed by atoms with Gasteiger partial charge in [-0.15, -0.1) is 0 Å². The van der Waals surface area contributed by atoms with E-state index in [4.69, 9.17) is 5.84 Å². The van der Waals surface area contributed by atoms with Crippen molar-refractivity contribution < 1.29 is 4.79 Å². The third kappa shape index (κ3) is 3.05. The van der Waals surface area contributed by atoms with Crippen LogP contribution >= 0.6 is 0 Å². The molecule has 1 atom stereocenters. The molecule has 0 aromatic carbocycles. The van der Waals surface area contributed by atoms with E-state index in [-0.39, 0.29) is 11.9 Å². The fourth-order valence-electron chi connectivity index (χ4n) is 1.68. The largest absolute Gasteiger partial charge is 0.344 e. The first-order chi connectivity index (χ1) is 9.22. The minimum absolute atomic E-state index is 0.195. The van der Waals surface area contributed by atoms with Crippen LogP contribution in [-0.4, -0.2) is 15.9 Å². The summed E-state index contributed by atoms with van der Waals surface area (Å²) in [7, 11) is 0. The molecule has 98 valence electrons. The number of nitrogens with two attached hydrogens (primary N) is 1. The Bertz CT molecular complexity index is 558. The lowest BCUT2D eigenvalue weighted by atomic mass is 10.1. The number of anilines is 1. The molecule has 0 fully saturated rings. The van der Waals surface area contributed by atoms with Crippen LogP contribution in [0.25, 0.3) is 0 Å². The highest BCUT2D eigenvalue weighted by atomic mass is 16.1. The zero-order valence-electron chi connectivity index (χ0n) is 10.5. The molecule has 0 aliphatic rings. The van der Waals surface area contributed by atoms with Crippen molar-refractivity contribution in [3.05, 3.63) is 54.1 Å². The Hall–Kier alpha value is -2.47. The van der Waals surface area contributed by atoms with Crippen molar-refractivity contribution in [1.29, 1.82) is 0 Å². The summed E-state index contributed by atoms with van der Waals surface area (Å²) in [6, 6.07) is 7.01. The minimum atomic E-state index is -0.251. The van der Waals surface area contributed by atoms with Crippen molar-refractivity contribution >= 4 is 11.6 Å². The standard InChI is InChI=1S/C13H15N5O/c1-9(11-4-2-3-6-16-11)17-13(19)10-8-15-7-5-12(10)18-14/h2-9H,14H2,1H3,(H,15,18)(H,17,19). The number of carbonyl (C=O) groups is 1. The topological polar surface area (TPSA) is 92.9 Å². The Labute approximate surface area is 111 Å². The zero-order chi connectivity index (χ0) is 13.7. The van der Waals surface area contributed by atoms with Gasteiger partial charge >= 0.3 is 0 Å². The smallest absolute Gasteiger partial charge is 0.255 e. The third-order valence-corrected chi connectivity index (χ3v) is 2.70. The number of hydrogen-bond acceptors (Lipinski definition) is 5. The number of pyridine rings is 2. The van der Waals surface area contributed by atoms with Gasteiger partial charge in [-0.05, 0) is 25.1 Å². The third-order valence-electron chi connectivity index (χ3n) is 2.70. The van der Waals surface area contributed by atoms with E-state index in [0.29, 0.717) is 11.3 Å². The van der Waals surface area contributed by atoms with E-state index in [1.165, 1.54) is 6.20 Å². The Morgan fingerprint density at radius 3 is 2.84 bits per heavy atom. The van der Waals surface area contributed by atoms with Gasteiger partial charge in [-0.3, -0.25) is 20.6 Å². The minimum Gasteiger partial charge on any atom is -0.344 e. The summed E-state index contributed by atoms with van der Waals surface area (Å²) >= 11 is 0. The fourth-order valence-corrected chi connectivity index (χ4v) is 1.68. The number of nitrogens with one attached hydrogen (secondary N) is 2. The summed E-state index contributed by atoms with van der Waals surface area (Å²) < 4.78 is 0.